The van der Waals surface area contributed by atoms with Gasteiger partial charge in [0.25, 0.3) is 5.91 Å². The summed E-state index contributed by atoms with van der Waals surface area (Å²) in [6.45, 7) is 8.44. The van der Waals surface area contributed by atoms with E-state index in [-0.39, 0.29) is 11.8 Å². The Balaban J connectivity index is 1.98. The number of likely N-dealkylation sites (N-methyl/N-ethyl adjacent to an activating group) is 1. The van der Waals surface area contributed by atoms with E-state index in [4.69, 9.17) is 4.74 Å². The van der Waals surface area contributed by atoms with Crippen molar-refractivity contribution in [3.05, 3.63) is 29.8 Å². The number of amides is 2. The summed E-state index contributed by atoms with van der Waals surface area (Å²) in [6.07, 6.45) is 0. The van der Waals surface area contributed by atoms with E-state index in [9.17, 15) is 9.59 Å². The smallest absolute Gasteiger partial charge is 0.254 e. The summed E-state index contributed by atoms with van der Waals surface area (Å²) in [5, 5.41) is 2.86. The minimum absolute atomic E-state index is 0.0202. The van der Waals surface area contributed by atoms with Crippen LogP contribution in [-0.2, 0) is 9.53 Å². The third-order valence-electron chi connectivity index (χ3n) is 3.95. The first-order chi connectivity index (χ1) is 11.1. The highest BCUT2D eigenvalue weighted by Gasteiger charge is 2.18. The lowest BCUT2D eigenvalue weighted by Gasteiger charge is -2.27. The Hall–Kier alpha value is -1.92. The van der Waals surface area contributed by atoms with E-state index >= 15 is 0 Å². The first kappa shape index (κ1) is 17.4. The summed E-state index contributed by atoms with van der Waals surface area (Å²) in [5.41, 5.74) is 1.24. The Bertz CT molecular complexity index is 538. The molecule has 1 fully saturated rings. The van der Waals surface area contributed by atoms with E-state index < -0.39 is 0 Å². The third-order valence-corrected chi connectivity index (χ3v) is 3.95. The van der Waals surface area contributed by atoms with Crippen LogP contribution in [0.2, 0.25) is 0 Å². The van der Waals surface area contributed by atoms with Crippen molar-refractivity contribution >= 4 is 17.5 Å². The van der Waals surface area contributed by atoms with Gasteiger partial charge in [-0.1, -0.05) is 19.9 Å². The molecule has 1 aromatic rings. The SMILES string of the molecule is CCN(CC)CC(=O)Nc1cccc(C(=O)N2CCOCC2)c1. The number of rotatable bonds is 6. The molecule has 0 bridgehead atoms. The van der Waals surface area contributed by atoms with Crippen LogP contribution in [0.4, 0.5) is 5.69 Å². The molecule has 0 radical (unpaired) electrons. The second-order valence-electron chi connectivity index (χ2n) is 5.49. The van der Waals surface area contributed by atoms with Gasteiger partial charge in [0.05, 0.1) is 19.8 Å². The molecular formula is C17H25N3O3. The summed E-state index contributed by atoms with van der Waals surface area (Å²) in [6, 6.07) is 7.10. The Morgan fingerprint density at radius 2 is 1.91 bits per heavy atom. The van der Waals surface area contributed by atoms with Crippen molar-refractivity contribution in [1.29, 1.82) is 0 Å². The number of carbonyl (C=O) groups excluding carboxylic acids is 2. The van der Waals surface area contributed by atoms with Crippen LogP contribution in [0.1, 0.15) is 24.2 Å². The summed E-state index contributed by atoms with van der Waals surface area (Å²) >= 11 is 0. The molecule has 1 N–H and O–H groups in total. The average molecular weight is 319 g/mol. The van der Waals surface area contributed by atoms with Gasteiger partial charge < -0.3 is 15.0 Å². The Kier molecular flexibility index (Phi) is 6.55. The van der Waals surface area contributed by atoms with E-state index in [2.05, 4.69) is 5.32 Å². The van der Waals surface area contributed by atoms with Gasteiger partial charge in [-0.05, 0) is 31.3 Å². The molecule has 6 nitrogen and oxygen atoms in total. The zero-order valence-electron chi connectivity index (χ0n) is 13.9. The zero-order chi connectivity index (χ0) is 16.7. The van der Waals surface area contributed by atoms with Gasteiger partial charge in [0.2, 0.25) is 5.91 Å². The van der Waals surface area contributed by atoms with Crippen LogP contribution in [0, 0.1) is 0 Å². The minimum atomic E-state index is -0.0651. The van der Waals surface area contributed by atoms with E-state index in [0.29, 0.717) is 44.1 Å². The zero-order valence-corrected chi connectivity index (χ0v) is 13.9. The minimum Gasteiger partial charge on any atom is -0.378 e. The van der Waals surface area contributed by atoms with Crippen molar-refractivity contribution in [2.45, 2.75) is 13.8 Å². The Morgan fingerprint density at radius 1 is 1.22 bits per heavy atom. The van der Waals surface area contributed by atoms with Crippen molar-refractivity contribution in [3.63, 3.8) is 0 Å². The van der Waals surface area contributed by atoms with Crippen LogP contribution in [0.3, 0.4) is 0 Å². The number of hydrogen-bond acceptors (Lipinski definition) is 4. The van der Waals surface area contributed by atoms with Crippen LogP contribution in [-0.4, -0.2) is 67.6 Å². The molecular weight excluding hydrogens is 294 g/mol. The predicted molar refractivity (Wildman–Crippen MR) is 89.6 cm³/mol. The maximum atomic E-state index is 12.5. The Labute approximate surface area is 137 Å². The summed E-state index contributed by atoms with van der Waals surface area (Å²) in [7, 11) is 0. The van der Waals surface area contributed by atoms with Gasteiger partial charge in [0.15, 0.2) is 0 Å². The molecule has 6 heteroatoms. The van der Waals surface area contributed by atoms with Gasteiger partial charge in [-0.25, -0.2) is 0 Å². The van der Waals surface area contributed by atoms with E-state index in [0.717, 1.165) is 13.1 Å². The van der Waals surface area contributed by atoms with Crippen LogP contribution >= 0.6 is 0 Å². The fourth-order valence-corrected chi connectivity index (χ4v) is 2.53. The van der Waals surface area contributed by atoms with E-state index in [1.807, 2.05) is 18.7 Å². The lowest BCUT2D eigenvalue weighted by molar-refractivity contribution is -0.117. The summed E-state index contributed by atoms with van der Waals surface area (Å²) in [4.78, 5) is 28.3. The number of carbonyl (C=O) groups is 2. The van der Waals surface area contributed by atoms with Gasteiger partial charge >= 0.3 is 0 Å². The van der Waals surface area contributed by atoms with Crippen molar-refractivity contribution in [1.82, 2.24) is 9.80 Å². The van der Waals surface area contributed by atoms with Gasteiger partial charge in [-0.15, -0.1) is 0 Å². The molecule has 2 amide bonds. The number of nitrogens with zero attached hydrogens (tertiary/aromatic N) is 2. The van der Waals surface area contributed by atoms with Crippen molar-refractivity contribution in [2.75, 3.05) is 51.3 Å². The third kappa shape index (κ3) is 5.04. The van der Waals surface area contributed by atoms with E-state index in [1.165, 1.54) is 0 Å². The average Bonchev–Trinajstić information content (AvgIpc) is 2.60. The van der Waals surface area contributed by atoms with Crippen molar-refractivity contribution < 1.29 is 14.3 Å². The fourth-order valence-electron chi connectivity index (χ4n) is 2.53. The molecule has 126 valence electrons. The molecule has 2 rings (SSSR count). The molecule has 1 aliphatic rings. The first-order valence-corrected chi connectivity index (χ1v) is 8.13. The number of anilines is 1. The van der Waals surface area contributed by atoms with Gasteiger partial charge in [-0.2, -0.15) is 0 Å². The highest BCUT2D eigenvalue weighted by molar-refractivity contribution is 5.97. The Morgan fingerprint density at radius 3 is 2.57 bits per heavy atom. The summed E-state index contributed by atoms with van der Waals surface area (Å²) in [5.74, 6) is -0.0854. The van der Waals surface area contributed by atoms with Crippen molar-refractivity contribution in [2.24, 2.45) is 0 Å². The predicted octanol–water partition coefficient (Wildman–Crippen LogP) is 1.44. The topological polar surface area (TPSA) is 61.9 Å². The van der Waals surface area contributed by atoms with Gasteiger partial charge in [0.1, 0.15) is 0 Å². The van der Waals surface area contributed by atoms with Crippen LogP contribution < -0.4 is 5.32 Å². The number of ether oxygens (including phenoxy) is 1. The summed E-state index contributed by atoms with van der Waals surface area (Å²) < 4.78 is 5.26. The molecule has 1 saturated heterocycles. The largest absolute Gasteiger partial charge is 0.378 e. The quantitative estimate of drug-likeness (QED) is 0.862. The lowest BCUT2D eigenvalue weighted by Crippen LogP contribution is -2.40. The molecule has 0 aliphatic carbocycles. The van der Waals surface area contributed by atoms with Crippen LogP contribution in [0.5, 0.6) is 0 Å². The number of hydrogen-bond donors (Lipinski definition) is 1. The number of nitrogens with one attached hydrogen (secondary N) is 1. The molecule has 0 saturated carbocycles. The second kappa shape index (κ2) is 8.64. The molecule has 23 heavy (non-hydrogen) atoms. The number of morpholine rings is 1. The van der Waals surface area contributed by atoms with E-state index in [1.54, 1.807) is 29.2 Å². The standard InChI is InChI=1S/C17H25N3O3/c1-3-19(4-2)13-16(21)18-15-7-5-6-14(12-15)17(22)20-8-10-23-11-9-20/h5-7,12H,3-4,8-11,13H2,1-2H3,(H,18,21). The van der Waals surface area contributed by atoms with Crippen LogP contribution in [0.25, 0.3) is 0 Å². The monoisotopic (exact) mass is 319 g/mol. The molecule has 0 spiro atoms. The van der Waals surface area contributed by atoms with Gasteiger partial charge in [-0.3, -0.25) is 14.5 Å². The molecule has 0 aromatic heterocycles. The normalized spacial score (nSPS) is 14.8. The maximum Gasteiger partial charge on any atom is 0.254 e. The molecule has 0 atom stereocenters. The lowest BCUT2D eigenvalue weighted by atomic mass is 10.1. The number of benzene rings is 1. The molecule has 1 aromatic carbocycles. The molecule has 1 heterocycles. The van der Waals surface area contributed by atoms with Gasteiger partial charge in [0, 0.05) is 24.3 Å². The van der Waals surface area contributed by atoms with Crippen LogP contribution in [0.15, 0.2) is 24.3 Å². The second-order valence-corrected chi connectivity index (χ2v) is 5.49. The van der Waals surface area contributed by atoms with Crippen molar-refractivity contribution in [3.8, 4) is 0 Å². The maximum absolute atomic E-state index is 12.5. The molecule has 0 unspecified atom stereocenters. The molecule has 1 aliphatic heterocycles. The fraction of sp³-hybridized carbons (Fsp3) is 0.529. The highest BCUT2D eigenvalue weighted by Crippen LogP contribution is 2.14. The highest BCUT2D eigenvalue weighted by atomic mass is 16.5. The first-order valence-electron chi connectivity index (χ1n) is 8.13.